The Labute approximate surface area is 147 Å². The minimum atomic E-state index is -0.435. The minimum Gasteiger partial charge on any atom is -0.350 e. The van der Waals surface area contributed by atoms with Crippen LogP contribution in [0.25, 0.3) is 0 Å². The summed E-state index contributed by atoms with van der Waals surface area (Å²) in [6.07, 6.45) is 5.09. The van der Waals surface area contributed by atoms with E-state index in [-0.39, 0.29) is 11.5 Å². The van der Waals surface area contributed by atoms with E-state index in [2.05, 4.69) is 43.1 Å². The Hall–Kier alpha value is -2.29. The summed E-state index contributed by atoms with van der Waals surface area (Å²) in [6.45, 7) is 3.66. The highest BCUT2D eigenvalue weighted by Crippen LogP contribution is 2.35. The number of nitrogens with one attached hydrogen (secondary N) is 1. The van der Waals surface area contributed by atoms with Gasteiger partial charge in [0.15, 0.2) is 0 Å². The summed E-state index contributed by atoms with van der Waals surface area (Å²) in [5.41, 5.74) is -0.115. The zero-order chi connectivity index (χ0) is 17.1. The summed E-state index contributed by atoms with van der Waals surface area (Å²) in [5.74, 6) is 1.48. The van der Waals surface area contributed by atoms with Crippen molar-refractivity contribution in [2.75, 3.05) is 23.3 Å². The Morgan fingerprint density at radius 1 is 1.38 bits per heavy atom. The van der Waals surface area contributed by atoms with Gasteiger partial charge in [-0.2, -0.15) is 0 Å². The molecular weight excluding hydrogens is 376 g/mol. The van der Waals surface area contributed by atoms with Gasteiger partial charge in [0, 0.05) is 23.8 Å². The van der Waals surface area contributed by atoms with Crippen LogP contribution < -0.4 is 10.2 Å². The van der Waals surface area contributed by atoms with Crippen LogP contribution in [0.2, 0.25) is 0 Å². The fourth-order valence-electron chi connectivity index (χ4n) is 2.81. The average molecular weight is 393 g/mol. The van der Waals surface area contributed by atoms with Crippen LogP contribution >= 0.6 is 15.9 Å². The summed E-state index contributed by atoms with van der Waals surface area (Å²) in [5, 5.41) is 14.6. The number of rotatable bonds is 4. The number of pyridine rings is 1. The molecule has 0 aromatic carbocycles. The van der Waals surface area contributed by atoms with Gasteiger partial charge in [-0.1, -0.05) is 6.92 Å². The van der Waals surface area contributed by atoms with E-state index in [0.29, 0.717) is 17.6 Å². The van der Waals surface area contributed by atoms with Crippen LogP contribution in [0, 0.1) is 16.0 Å². The quantitative estimate of drug-likeness (QED) is 0.627. The highest BCUT2D eigenvalue weighted by molar-refractivity contribution is 9.10. The smallest absolute Gasteiger partial charge is 0.350 e. The maximum Gasteiger partial charge on any atom is 0.353 e. The zero-order valence-electron chi connectivity index (χ0n) is 13.1. The molecule has 0 saturated carbocycles. The second kappa shape index (κ2) is 7.08. The van der Waals surface area contributed by atoms with Crippen LogP contribution in [-0.2, 0) is 0 Å². The summed E-state index contributed by atoms with van der Waals surface area (Å²) in [6, 6.07) is 3.52. The van der Waals surface area contributed by atoms with Crippen LogP contribution in [-0.4, -0.2) is 33.0 Å². The molecule has 1 N–H and O–H groups in total. The first kappa shape index (κ1) is 16.6. The topological polar surface area (TPSA) is 97.1 Å². The van der Waals surface area contributed by atoms with E-state index < -0.39 is 4.92 Å². The van der Waals surface area contributed by atoms with Crippen LogP contribution in [0.5, 0.6) is 0 Å². The molecule has 1 fully saturated rings. The molecule has 2 aromatic rings. The third kappa shape index (κ3) is 3.61. The third-order valence-electron chi connectivity index (χ3n) is 3.92. The second-order valence-electron chi connectivity index (χ2n) is 5.83. The third-order valence-corrected chi connectivity index (χ3v) is 4.39. The van der Waals surface area contributed by atoms with E-state index >= 15 is 0 Å². The van der Waals surface area contributed by atoms with Crippen molar-refractivity contribution < 1.29 is 4.92 Å². The van der Waals surface area contributed by atoms with Gasteiger partial charge in [0.05, 0.1) is 4.92 Å². The molecule has 1 atom stereocenters. The van der Waals surface area contributed by atoms with Crippen molar-refractivity contribution in [2.24, 2.45) is 5.92 Å². The number of anilines is 3. The summed E-state index contributed by atoms with van der Waals surface area (Å²) in [4.78, 5) is 25.6. The fraction of sp³-hybridized carbons (Fsp3) is 0.400. The van der Waals surface area contributed by atoms with Gasteiger partial charge in [-0.15, -0.1) is 0 Å². The largest absolute Gasteiger partial charge is 0.353 e. The van der Waals surface area contributed by atoms with Crippen molar-refractivity contribution in [1.29, 1.82) is 0 Å². The molecule has 1 aliphatic heterocycles. The number of halogens is 1. The summed E-state index contributed by atoms with van der Waals surface area (Å²) in [7, 11) is 0. The van der Waals surface area contributed by atoms with Crippen LogP contribution in [0.15, 0.2) is 29.1 Å². The van der Waals surface area contributed by atoms with Crippen molar-refractivity contribution >= 4 is 39.1 Å². The number of nitrogens with zero attached hydrogens (tertiary/aromatic N) is 5. The van der Waals surface area contributed by atoms with Gasteiger partial charge in [0.2, 0.25) is 11.6 Å². The zero-order valence-corrected chi connectivity index (χ0v) is 14.7. The Bertz CT molecular complexity index is 739. The molecule has 0 radical (unpaired) electrons. The molecule has 1 aliphatic rings. The van der Waals surface area contributed by atoms with Gasteiger partial charge >= 0.3 is 5.69 Å². The number of piperidine rings is 1. The maximum absolute atomic E-state index is 11.6. The maximum atomic E-state index is 11.6. The molecule has 1 saturated heterocycles. The molecule has 0 aliphatic carbocycles. The predicted octanol–water partition coefficient (Wildman–Crippen LogP) is 3.52. The summed E-state index contributed by atoms with van der Waals surface area (Å²) >= 11 is 3.31. The molecule has 3 rings (SSSR count). The van der Waals surface area contributed by atoms with E-state index in [9.17, 15) is 10.1 Å². The SMILES string of the molecule is CC1CCCN(c2ncnc(Nc3ccc(Br)cn3)c2[N+](=O)[O-])C1. The Morgan fingerprint density at radius 2 is 2.21 bits per heavy atom. The molecule has 0 spiro atoms. The molecule has 0 amide bonds. The van der Waals surface area contributed by atoms with Crippen LogP contribution in [0.4, 0.5) is 23.1 Å². The van der Waals surface area contributed by atoms with Gasteiger partial charge < -0.3 is 10.2 Å². The lowest BCUT2D eigenvalue weighted by Gasteiger charge is -2.31. The van der Waals surface area contributed by atoms with Gasteiger partial charge in [-0.05, 0) is 46.8 Å². The summed E-state index contributed by atoms with van der Waals surface area (Å²) < 4.78 is 0.827. The van der Waals surface area contributed by atoms with Gasteiger partial charge in [0.25, 0.3) is 0 Å². The first-order chi connectivity index (χ1) is 11.5. The molecule has 126 valence electrons. The normalized spacial score (nSPS) is 17.6. The standard InChI is InChI=1S/C15H17BrN6O2/c1-10-3-2-6-21(8-10)15-13(22(23)24)14(18-9-19-15)20-12-5-4-11(16)7-17-12/h4-5,7,9-10H,2-3,6,8H2,1H3,(H,17,18,19,20). The molecule has 8 nitrogen and oxygen atoms in total. The van der Waals surface area contributed by atoms with E-state index in [1.54, 1.807) is 18.3 Å². The number of aromatic nitrogens is 3. The number of hydrogen-bond acceptors (Lipinski definition) is 7. The Morgan fingerprint density at radius 3 is 2.88 bits per heavy atom. The average Bonchev–Trinajstić information content (AvgIpc) is 2.56. The van der Waals surface area contributed by atoms with E-state index in [4.69, 9.17) is 0 Å². The fourth-order valence-corrected chi connectivity index (χ4v) is 3.05. The van der Waals surface area contributed by atoms with Crippen molar-refractivity contribution in [1.82, 2.24) is 15.0 Å². The van der Waals surface area contributed by atoms with Crippen LogP contribution in [0.3, 0.4) is 0 Å². The lowest BCUT2D eigenvalue weighted by Crippen LogP contribution is -2.35. The van der Waals surface area contributed by atoms with Gasteiger partial charge in [-0.3, -0.25) is 10.1 Å². The highest BCUT2D eigenvalue weighted by Gasteiger charge is 2.29. The van der Waals surface area contributed by atoms with Crippen molar-refractivity contribution in [3.8, 4) is 0 Å². The molecule has 3 heterocycles. The predicted molar refractivity (Wildman–Crippen MR) is 94.5 cm³/mol. The van der Waals surface area contributed by atoms with Gasteiger partial charge in [-0.25, -0.2) is 15.0 Å². The molecule has 2 aromatic heterocycles. The lowest BCUT2D eigenvalue weighted by molar-refractivity contribution is -0.383. The number of nitro groups is 1. The molecule has 9 heteroatoms. The molecule has 24 heavy (non-hydrogen) atoms. The van der Waals surface area contributed by atoms with Crippen molar-refractivity contribution in [2.45, 2.75) is 19.8 Å². The Kier molecular flexibility index (Phi) is 4.89. The lowest BCUT2D eigenvalue weighted by atomic mass is 10.0. The van der Waals surface area contributed by atoms with Crippen molar-refractivity contribution in [3.63, 3.8) is 0 Å². The first-order valence-corrected chi connectivity index (χ1v) is 8.47. The van der Waals surface area contributed by atoms with E-state index in [1.165, 1.54) is 6.33 Å². The molecule has 0 bridgehead atoms. The second-order valence-corrected chi connectivity index (χ2v) is 6.75. The van der Waals surface area contributed by atoms with E-state index in [1.807, 2.05) is 4.90 Å². The first-order valence-electron chi connectivity index (χ1n) is 7.67. The highest BCUT2D eigenvalue weighted by atomic mass is 79.9. The molecule has 1 unspecified atom stereocenters. The minimum absolute atomic E-state index is 0.115. The van der Waals surface area contributed by atoms with E-state index in [0.717, 1.165) is 30.4 Å². The van der Waals surface area contributed by atoms with Gasteiger partial charge in [0.1, 0.15) is 12.1 Å². The van der Waals surface area contributed by atoms with Crippen molar-refractivity contribution in [3.05, 3.63) is 39.2 Å². The Balaban J connectivity index is 1.95. The molecular formula is C15H17BrN6O2. The monoisotopic (exact) mass is 392 g/mol. The number of hydrogen-bond donors (Lipinski definition) is 1. The van der Waals surface area contributed by atoms with Crippen LogP contribution in [0.1, 0.15) is 19.8 Å².